The van der Waals surface area contributed by atoms with Gasteiger partial charge in [0.05, 0.1) is 0 Å². The highest BCUT2D eigenvalue weighted by Gasteiger charge is 2.34. The van der Waals surface area contributed by atoms with E-state index in [9.17, 15) is 9.59 Å². The largest absolute Gasteiger partial charge is 0.338 e. The van der Waals surface area contributed by atoms with Gasteiger partial charge in [-0.05, 0) is 55.7 Å². The average molecular weight is 341 g/mol. The standard InChI is InChI=1S/C20H27N3O2/c24-19(12-15-10-17-7-8-18(11-15)21-17)22-16-5-3-14(4-6-16)13-23-9-1-2-20(23)25/h3-6,15,17-18,21H,1-2,7-13H2,(H,22,24). The summed E-state index contributed by atoms with van der Waals surface area (Å²) in [7, 11) is 0. The van der Waals surface area contributed by atoms with E-state index in [4.69, 9.17) is 0 Å². The van der Waals surface area contributed by atoms with Crippen molar-refractivity contribution in [3.05, 3.63) is 29.8 Å². The average Bonchev–Trinajstić information content (AvgIpc) is 3.14. The lowest BCUT2D eigenvalue weighted by atomic mass is 9.89. The molecule has 3 aliphatic heterocycles. The molecule has 1 aromatic carbocycles. The van der Waals surface area contributed by atoms with Crippen LogP contribution in [0.25, 0.3) is 0 Å². The van der Waals surface area contributed by atoms with E-state index < -0.39 is 0 Å². The Morgan fingerprint density at radius 2 is 1.88 bits per heavy atom. The van der Waals surface area contributed by atoms with Gasteiger partial charge in [-0.1, -0.05) is 12.1 Å². The molecule has 0 radical (unpaired) electrons. The Morgan fingerprint density at radius 1 is 1.16 bits per heavy atom. The zero-order chi connectivity index (χ0) is 17.2. The third-order valence-electron chi connectivity index (χ3n) is 5.83. The molecule has 2 unspecified atom stereocenters. The summed E-state index contributed by atoms with van der Waals surface area (Å²) in [6.45, 7) is 1.53. The zero-order valence-corrected chi connectivity index (χ0v) is 14.7. The highest BCUT2D eigenvalue weighted by Crippen LogP contribution is 2.32. The maximum absolute atomic E-state index is 12.3. The van der Waals surface area contributed by atoms with E-state index in [0.717, 1.165) is 37.1 Å². The Morgan fingerprint density at radius 3 is 2.52 bits per heavy atom. The van der Waals surface area contributed by atoms with Crippen molar-refractivity contribution in [2.24, 2.45) is 5.92 Å². The molecule has 0 aliphatic carbocycles. The highest BCUT2D eigenvalue weighted by atomic mass is 16.2. The van der Waals surface area contributed by atoms with Crippen LogP contribution >= 0.6 is 0 Å². The van der Waals surface area contributed by atoms with Crippen molar-refractivity contribution in [2.75, 3.05) is 11.9 Å². The highest BCUT2D eigenvalue weighted by molar-refractivity contribution is 5.90. The first-order valence-electron chi connectivity index (χ1n) is 9.58. The molecular weight excluding hydrogens is 314 g/mol. The Hall–Kier alpha value is -1.88. The van der Waals surface area contributed by atoms with Crippen molar-refractivity contribution < 1.29 is 9.59 Å². The number of fused-ring (bicyclic) bond motifs is 2. The molecule has 2 N–H and O–H groups in total. The molecule has 2 bridgehead atoms. The van der Waals surface area contributed by atoms with Crippen molar-refractivity contribution in [1.82, 2.24) is 10.2 Å². The molecule has 3 saturated heterocycles. The minimum absolute atomic E-state index is 0.119. The van der Waals surface area contributed by atoms with E-state index in [1.165, 1.54) is 12.8 Å². The molecule has 1 aromatic rings. The van der Waals surface area contributed by atoms with Crippen molar-refractivity contribution in [3.63, 3.8) is 0 Å². The molecule has 0 spiro atoms. The van der Waals surface area contributed by atoms with Crippen LogP contribution in [-0.2, 0) is 16.1 Å². The van der Waals surface area contributed by atoms with Crippen molar-refractivity contribution in [3.8, 4) is 0 Å². The second kappa shape index (κ2) is 7.16. The summed E-state index contributed by atoms with van der Waals surface area (Å²) in [6.07, 6.45) is 7.06. The number of hydrogen-bond donors (Lipinski definition) is 2. The minimum Gasteiger partial charge on any atom is -0.338 e. The SMILES string of the molecule is O=C(CC1CC2CCC(C1)N2)Nc1ccc(CN2CCCC2=O)cc1. The fraction of sp³-hybridized carbons (Fsp3) is 0.600. The predicted octanol–water partition coefficient (Wildman–Crippen LogP) is 2.67. The van der Waals surface area contributed by atoms with Gasteiger partial charge in [0.1, 0.15) is 0 Å². The Bertz CT molecular complexity index is 631. The first kappa shape index (κ1) is 16.6. The number of benzene rings is 1. The molecule has 2 atom stereocenters. The maximum Gasteiger partial charge on any atom is 0.224 e. The molecular formula is C20H27N3O2. The van der Waals surface area contributed by atoms with E-state index in [0.29, 0.717) is 37.4 Å². The fourth-order valence-electron chi connectivity index (χ4n) is 4.60. The number of amides is 2. The van der Waals surface area contributed by atoms with Gasteiger partial charge < -0.3 is 15.5 Å². The van der Waals surface area contributed by atoms with Crippen molar-refractivity contribution in [2.45, 2.75) is 63.6 Å². The van der Waals surface area contributed by atoms with Gasteiger partial charge in [0, 0.05) is 43.7 Å². The number of carbonyl (C=O) groups is 2. The number of anilines is 1. The number of nitrogens with one attached hydrogen (secondary N) is 2. The van der Waals surface area contributed by atoms with Crippen LogP contribution in [0.2, 0.25) is 0 Å². The second-order valence-corrected chi connectivity index (χ2v) is 7.84. The quantitative estimate of drug-likeness (QED) is 0.865. The summed E-state index contributed by atoms with van der Waals surface area (Å²) in [5.41, 5.74) is 1.96. The van der Waals surface area contributed by atoms with Crippen LogP contribution in [0, 0.1) is 5.92 Å². The lowest BCUT2D eigenvalue weighted by Gasteiger charge is -2.28. The summed E-state index contributed by atoms with van der Waals surface area (Å²) < 4.78 is 0. The molecule has 3 heterocycles. The lowest BCUT2D eigenvalue weighted by Crippen LogP contribution is -2.39. The summed E-state index contributed by atoms with van der Waals surface area (Å²) >= 11 is 0. The monoisotopic (exact) mass is 341 g/mol. The summed E-state index contributed by atoms with van der Waals surface area (Å²) in [5.74, 6) is 0.876. The fourth-order valence-corrected chi connectivity index (χ4v) is 4.60. The van der Waals surface area contributed by atoms with Gasteiger partial charge in [-0.3, -0.25) is 9.59 Å². The molecule has 5 nitrogen and oxygen atoms in total. The molecule has 5 heteroatoms. The molecule has 25 heavy (non-hydrogen) atoms. The van der Waals surface area contributed by atoms with Gasteiger partial charge >= 0.3 is 0 Å². The number of likely N-dealkylation sites (tertiary alicyclic amines) is 1. The van der Waals surface area contributed by atoms with Gasteiger partial charge in [-0.2, -0.15) is 0 Å². The number of carbonyl (C=O) groups excluding carboxylic acids is 2. The van der Waals surface area contributed by atoms with Crippen LogP contribution in [0.1, 0.15) is 50.5 Å². The van der Waals surface area contributed by atoms with Gasteiger partial charge in [0.25, 0.3) is 0 Å². The van der Waals surface area contributed by atoms with E-state index in [-0.39, 0.29) is 11.8 Å². The van der Waals surface area contributed by atoms with Gasteiger partial charge in [0.2, 0.25) is 11.8 Å². The topological polar surface area (TPSA) is 61.4 Å². The second-order valence-electron chi connectivity index (χ2n) is 7.84. The molecule has 0 saturated carbocycles. The summed E-state index contributed by atoms with van der Waals surface area (Å²) in [6, 6.07) is 9.16. The Labute approximate surface area is 149 Å². The van der Waals surface area contributed by atoms with Gasteiger partial charge in [0.15, 0.2) is 0 Å². The van der Waals surface area contributed by atoms with Gasteiger partial charge in [-0.15, -0.1) is 0 Å². The van der Waals surface area contributed by atoms with E-state index in [1.807, 2.05) is 29.2 Å². The lowest BCUT2D eigenvalue weighted by molar-refractivity contribution is -0.128. The third-order valence-corrected chi connectivity index (χ3v) is 5.83. The predicted molar refractivity (Wildman–Crippen MR) is 97.0 cm³/mol. The molecule has 0 aromatic heterocycles. The first-order valence-corrected chi connectivity index (χ1v) is 9.58. The van der Waals surface area contributed by atoms with Crippen LogP contribution in [0.3, 0.4) is 0 Å². The minimum atomic E-state index is 0.119. The molecule has 134 valence electrons. The first-order chi connectivity index (χ1) is 12.2. The maximum atomic E-state index is 12.3. The van der Waals surface area contributed by atoms with E-state index in [2.05, 4.69) is 10.6 Å². The van der Waals surface area contributed by atoms with Crippen LogP contribution in [-0.4, -0.2) is 35.3 Å². The van der Waals surface area contributed by atoms with E-state index >= 15 is 0 Å². The third kappa shape index (κ3) is 4.03. The number of nitrogens with zero attached hydrogens (tertiary/aromatic N) is 1. The normalized spacial score (nSPS) is 28.4. The Kier molecular flexibility index (Phi) is 4.75. The zero-order valence-electron chi connectivity index (χ0n) is 14.7. The Balaban J connectivity index is 1.27. The number of rotatable bonds is 5. The van der Waals surface area contributed by atoms with Crippen molar-refractivity contribution in [1.29, 1.82) is 0 Å². The van der Waals surface area contributed by atoms with E-state index in [1.54, 1.807) is 0 Å². The van der Waals surface area contributed by atoms with Crippen LogP contribution in [0.15, 0.2) is 24.3 Å². The molecule has 3 fully saturated rings. The van der Waals surface area contributed by atoms with Gasteiger partial charge in [-0.25, -0.2) is 0 Å². The molecule has 3 aliphatic rings. The van der Waals surface area contributed by atoms with Crippen LogP contribution in [0.4, 0.5) is 5.69 Å². The molecule has 2 amide bonds. The van der Waals surface area contributed by atoms with Crippen LogP contribution in [0.5, 0.6) is 0 Å². The summed E-state index contributed by atoms with van der Waals surface area (Å²) in [4.78, 5) is 25.9. The van der Waals surface area contributed by atoms with Crippen LogP contribution < -0.4 is 10.6 Å². The smallest absolute Gasteiger partial charge is 0.224 e. The summed E-state index contributed by atoms with van der Waals surface area (Å²) in [5, 5.41) is 6.65. The number of hydrogen-bond acceptors (Lipinski definition) is 3. The number of piperidine rings is 1. The van der Waals surface area contributed by atoms with Crippen molar-refractivity contribution >= 4 is 17.5 Å². The molecule has 4 rings (SSSR count).